The molecule has 4 rings (SSSR count). The van der Waals surface area contributed by atoms with Gasteiger partial charge in [0.1, 0.15) is 5.82 Å². The van der Waals surface area contributed by atoms with Gasteiger partial charge in [-0.15, -0.1) is 5.10 Å². The van der Waals surface area contributed by atoms with E-state index in [9.17, 15) is 0 Å². The van der Waals surface area contributed by atoms with Gasteiger partial charge in [0, 0.05) is 19.5 Å². The lowest BCUT2D eigenvalue weighted by atomic mass is 10.1. The van der Waals surface area contributed by atoms with Crippen LogP contribution in [0.3, 0.4) is 0 Å². The minimum Gasteiger partial charge on any atom is -0.378 e. The zero-order valence-corrected chi connectivity index (χ0v) is 15.3. The number of hydrogen-bond acceptors (Lipinski definition) is 6. The molecule has 26 heavy (non-hydrogen) atoms. The minimum absolute atomic E-state index is 0.489. The predicted molar refractivity (Wildman–Crippen MR) is 100 cm³/mol. The molecule has 0 spiro atoms. The Labute approximate surface area is 153 Å². The lowest BCUT2D eigenvalue weighted by molar-refractivity contribution is 0.122. The van der Waals surface area contributed by atoms with E-state index in [0.29, 0.717) is 25.7 Å². The lowest BCUT2D eigenvalue weighted by Crippen LogP contribution is -2.37. The topological polar surface area (TPSA) is 69.0 Å². The van der Waals surface area contributed by atoms with Crippen LogP contribution in [-0.4, -0.2) is 51.3 Å². The maximum Gasteiger partial charge on any atom is 0.184 e. The number of rotatable bonds is 5. The number of benzene rings is 1. The van der Waals surface area contributed by atoms with Crippen molar-refractivity contribution in [1.29, 1.82) is 0 Å². The summed E-state index contributed by atoms with van der Waals surface area (Å²) in [4.78, 5) is 11.9. The molecular weight excluding hydrogens is 328 g/mol. The second kappa shape index (κ2) is 7.37. The summed E-state index contributed by atoms with van der Waals surface area (Å²) in [5.74, 6) is 2.22. The second-order valence-corrected chi connectivity index (χ2v) is 7.07. The summed E-state index contributed by atoms with van der Waals surface area (Å²) in [6.45, 7) is 8.07. The van der Waals surface area contributed by atoms with Crippen LogP contribution in [0.4, 0.5) is 5.82 Å². The number of fused-ring (bicyclic) bond motifs is 1. The highest BCUT2D eigenvalue weighted by atomic mass is 16.5. The fourth-order valence-corrected chi connectivity index (χ4v) is 3.20. The average Bonchev–Trinajstić information content (AvgIpc) is 3.05. The van der Waals surface area contributed by atoms with Crippen molar-refractivity contribution in [1.82, 2.24) is 25.0 Å². The Morgan fingerprint density at radius 1 is 1.08 bits per heavy atom. The van der Waals surface area contributed by atoms with Crippen molar-refractivity contribution >= 4 is 17.0 Å². The quantitative estimate of drug-likeness (QED) is 0.702. The molecule has 7 nitrogen and oxygen atoms in total. The van der Waals surface area contributed by atoms with Gasteiger partial charge in [-0.05, 0) is 11.5 Å². The molecule has 2 aromatic heterocycles. The molecule has 7 heteroatoms. The van der Waals surface area contributed by atoms with Crippen molar-refractivity contribution in [3.63, 3.8) is 0 Å². The molecule has 136 valence electrons. The Morgan fingerprint density at radius 3 is 2.58 bits per heavy atom. The highest BCUT2D eigenvalue weighted by Crippen LogP contribution is 2.24. The van der Waals surface area contributed by atoms with E-state index in [4.69, 9.17) is 14.7 Å². The molecule has 0 saturated carbocycles. The van der Waals surface area contributed by atoms with Gasteiger partial charge in [-0.1, -0.05) is 49.4 Å². The smallest absolute Gasteiger partial charge is 0.184 e. The molecule has 0 atom stereocenters. The lowest BCUT2D eigenvalue weighted by Gasteiger charge is -2.28. The van der Waals surface area contributed by atoms with Crippen molar-refractivity contribution in [2.24, 2.45) is 5.92 Å². The largest absolute Gasteiger partial charge is 0.378 e. The molecule has 1 aliphatic heterocycles. The first-order chi connectivity index (χ1) is 12.7. The molecular formula is C19H24N6O. The molecule has 1 aliphatic rings. The van der Waals surface area contributed by atoms with E-state index in [-0.39, 0.29) is 0 Å². The molecule has 3 aromatic rings. The fraction of sp³-hybridized carbons (Fsp3) is 0.474. The molecule has 0 unspecified atom stereocenters. The standard InChI is InChI=1S/C19H24N6O/c1-14(2)12-16-20-18(24-8-10-26-11-9-24)17-19(21-16)25(23-22-17)13-15-6-4-3-5-7-15/h3-7,14H,8-13H2,1-2H3. The fourth-order valence-electron chi connectivity index (χ4n) is 3.20. The third-order valence-corrected chi connectivity index (χ3v) is 4.47. The summed E-state index contributed by atoms with van der Waals surface area (Å²) >= 11 is 0. The number of ether oxygens (including phenoxy) is 1. The summed E-state index contributed by atoms with van der Waals surface area (Å²) in [5.41, 5.74) is 2.76. The number of morpholine rings is 1. The van der Waals surface area contributed by atoms with Crippen LogP contribution in [-0.2, 0) is 17.7 Å². The predicted octanol–water partition coefficient (Wildman–Crippen LogP) is 2.30. The van der Waals surface area contributed by atoms with Crippen LogP contribution in [0.25, 0.3) is 11.2 Å². The van der Waals surface area contributed by atoms with Crippen LogP contribution in [0.5, 0.6) is 0 Å². The Balaban J connectivity index is 1.77. The number of aromatic nitrogens is 5. The van der Waals surface area contributed by atoms with Gasteiger partial charge in [0.05, 0.1) is 19.8 Å². The van der Waals surface area contributed by atoms with Crippen LogP contribution < -0.4 is 4.90 Å². The van der Waals surface area contributed by atoms with E-state index in [1.54, 1.807) is 0 Å². The van der Waals surface area contributed by atoms with Crippen molar-refractivity contribution in [2.45, 2.75) is 26.8 Å². The average molecular weight is 352 g/mol. The normalized spacial score (nSPS) is 15.1. The van der Waals surface area contributed by atoms with Crippen molar-refractivity contribution in [3.8, 4) is 0 Å². The zero-order valence-electron chi connectivity index (χ0n) is 15.3. The SMILES string of the molecule is CC(C)Cc1nc(N2CCOCC2)c2nnn(Cc3ccccc3)c2n1. The molecule has 1 saturated heterocycles. The summed E-state index contributed by atoms with van der Waals surface area (Å²) < 4.78 is 7.36. The van der Waals surface area contributed by atoms with E-state index in [2.05, 4.69) is 41.2 Å². The van der Waals surface area contributed by atoms with Gasteiger partial charge < -0.3 is 9.64 Å². The maximum absolute atomic E-state index is 5.49. The summed E-state index contributed by atoms with van der Waals surface area (Å²) in [5, 5.41) is 8.79. The van der Waals surface area contributed by atoms with Gasteiger partial charge in [0.15, 0.2) is 17.0 Å². The molecule has 1 aromatic carbocycles. The number of hydrogen-bond donors (Lipinski definition) is 0. The first kappa shape index (κ1) is 16.9. The monoisotopic (exact) mass is 352 g/mol. The van der Waals surface area contributed by atoms with Gasteiger partial charge in [-0.2, -0.15) is 0 Å². The maximum atomic E-state index is 5.49. The Morgan fingerprint density at radius 2 is 1.85 bits per heavy atom. The molecule has 0 radical (unpaired) electrons. The summed E-state index contributed by atoms with van der Waals surface area (Å²) in [6.07, 6.45) is 0.837. The number of anilines is 1. The first-order valence-corrected chi connectivity index (χ1v) is 9.17. The Bertz CT molecular complexity index is 870. The third-order valence-electron chi connectivity index (χ3n) is 4.47. The number of nitrogens with zero attached hydrogens (tertiary/aromatic N) is 6. The highest BCUT2D eigenvalue weighted by Gasteiger charge is 2.21. The molecule has 1 fully saturated rings. The van der Waals surface area contributed by atoms with Gasteiger partial charge in [-0.3, -0.25) is 0 Å². The van der Waals surface area contributed by atoms with Crippen LogP contribution >= 0.6 is 0 Å². The molecule has 0 aliphatic carbocycles. The van der Waals surface area contributed by atoms with E-state index < -0.39 is 0 Å². The molecule has 0 bridgehead atoms. The molecule has 3 heterocycles. The van der Waals surface area contributed by atoms with Gasteiger partial charge in [0.2, 0.25) is 0 Å². The summed E-state index contributed by atoms with van der Waals surface area (Å²) in [7, 11) is 0. The van der Waals surface area contributed by atoms with Crippen LogP contribution in [0, 0.1) is 5.92 Å². The molecule has 0 amide bonds. The third kappa shape index (κ3) is 3.53. The Kier molecular flexibility index (Phi) is 4.79. The van der Waals surface area contributed by atoms with Crippen molar-refractivity contribution in [2.75, 3.05) is 31.2 Å². The van der Waals surface area contributed by atoms with Crippen LogP contribution in [0.2, 0.25) is 0 Å². The van der Waals surface area contributed by atoms with Crippen LogP contribution in [0.15, 0.2) is 30.3 Å². The minimum atomic E-state index is 0.489. The Hall–Kier alpha value is -2.54. The van der Waals surface area contributed by atoms with Gasteiger partial charge >= 0.3 is 0 Å². The highest BCUT2D eigenvalue weighted by molar-refractivity contribution is 5.83. The second-order valence-electron chi connectivity index (χ2n) is 7.07. The van der Waals surface area contributed by atoms with Crippen LogP contribution in [0.1, 0.15) is 25.2 Å². The van der Waals surface area contributed by atoms with E-state index in [1.807, 2.05) is 22.9 Å². The van der Waals surface area contributed by atoms with Gasteiger partial charge in [-0.25, -0.2) is 14.6 Å². The van der Waals surface area contributed by atoms with E-state index >= 15 is 0 Å². The van der Waals surface area contributed by atoms with E-state index in [0.717, 1.165) is 42.3 Å². The zero-order chi connectivity index (χ0) is 17.9. The first-order valence-electron chi connectivity index (χ1n) is 9.17. The van der Waals surface area contributed by atoms with Gasteiger partial charge in [0.25, 0.3) is 0 Å². The van der Waals surface area contributed by atoms with E-state index in [1.165, 1.54) is 5.56 Å². The molecule has 0 N–H and O–H groups in total. The van der Waals surface area contributed by atoms with Crippen molar-refractivity contribution < 1.29 is 4.74 Å². The van der Waals surface area contributed by atoms with Crippen molar-refractivity contribution in [3.05, 3.63) is 41.7 Å². The summed E-state index contributed by atoms with van der Waals surface area (Å²) in [6, 6.07) is 10.3.